The molecule has 0 aliphatic heterocycles. The molecule has 2 aromatic heterocycles. The Kier molecular flexibility index (Phi) is 4.63. The summed E-state index contributed by atoms with van der Waals surface area (Å²) in [6.45, 7) is 0.386. The third-order valence-electron chi connectivity index (χ3n) is 2.66. The third-order valence-corrected chi connectivity index (χ3v) is 3.56. The molecule has 0 saturated carbocycles. The molecule has 0 saturated heterocycles. The highest BCUT2D eigenvalue weighted by Gasteiger charge is 2.13. The fourth-order valence-corrected chi connectivity index (χ4v) is 2.31. The molecule has 0 aliphatic carbocycles. The summed E-state index contributed by atoms with van der Waals surface area (Å²) in [5.74, 6) is -0.526. The van der Waals surface area contributed by atoms with Gasteiger partial charge >= 0.3 is 5.97 Å². The monoisotopic (exact) mass is 309 g/mol. The van der Waals surface area contributed by atoms with Crippen LogP contribution >= 0.6 is 11.3 Å². The van der Waals surface area contributed by atoms with Gasteiger partial charge in [0, 0.05) is 19.5 Å². The standard InChI is InChI=1S/C12H15N5O3S/c1-16(2)11(18)4-10-13-8(7-21-10)5-17-6-9(14-15-17)12(19)20-3/h6-7H,4-5H2,1-3H3. The van der Waals surface area contributed by atoms with E-state index >= 15 is 0 Å². The maximum absolute atomic E-state index is 11.6. The maximum atomic E-state index is 11.6. The Bertz CT molecular complexity index is 649. The van der Waals surface area contributed by atoms with Crippen LogP contribution < -0.4 is 0 Å². The van der Waals surface area contributed by atoms with E-state index in [-0.39, 0.29) is 18.0 Å². The average Bonchev–Trinajstić information content (AvgIpc) is 3.08. The molecule has 2 aromatic rings. The van der Waals surface area contributed by atoms with Crippen molar-refractivity contribution in [2.24, 2.45) is 0 Å². The summed E-state index contributed by atoms with van der Waals surface area (Å²) in [6, 6.07) is 0. The molecule has 0 fully saturated rings. The Morgan fingerprint density at radius 1 is 1.43 bits per heavy atom. The number of likely N-dealkylation sites (N-methyl/N-ethyl adjacent to an activating group) is 1. The van der Waals surface area contributed by atoms with E-state index in [0.29, 0.717) is 6.54 Å². The lowest BCUT2D eigenvalue weighted by Gasteiger charge is -2.07. The summed E-state index contributed by atoms with van der Waals surface area (Å²) in [6.07, 6.45) is 1.78. The highest BCUT2D eigenvalue weighted by molar-refractivity contribution is 7.09. The number of thiazole rings is 1. The number of methoxy groups -OCH3 is 1. The van der Waals surface area contributed by atoms with Gasteiger partial charge in [-0.1, -0.05) is 5.21 Å². The topological polar surface area (TPSA) is 90.2 Å². The minimum absolute atomic E-state index is 0.00429. The fourth-order valence-electron chi connectivity index (χ4n) is 1.53. The molecule has 8 nitrogen and oxygen atoms in total. The normalized spacial score (nSPS) is 10.4. The van der Waals surface area contributed by atoms with Crippen molar-refractivity contribution in [2.75, 3.05) is 21.2 Å². The van der Waals surface area contributed by atoms with E-state index in [9.17, 15) is 9.59 Å². The summed E-state index contributed by atoms with van der Waals surface area (Å²) in [5, 5.41) is 10.2. The molecule has 21 heavy (non-hydrogen) atoms. The van der Waals surface area contributed by atoms with Crippen LogP contribution in [0.1, 0.15) is 21.2 Å². The highest BCUT2D eigenvalue weighted by atomic mass is 32.1. The molecule has 0 bridgehead atoms. The zero-order chi connectivity index (χ0) is 15.4. The minimum Gasteiger partial charge on any atom is -0.464 e. The molecular weight excluding hydrogens is 294 g/mol. The predicted molar refractivity (Wildman–Crippen MR) is 75.0 cm³/mol. The number of hydrogen-bond acceptors (Lipinski definition) is 7. The molecule has 2 rings (SSSR count). The molecule has 9 heteroatoms. The van der Waals surface area contributed by atoms with Crippen LogP contribution in [0.25, 0.3) is 0 Å². The lowest BCUT2D eigenvalue weighted by Crippen LogP contribution is -2.23. The Morgan fingerprint density at radius 2 is 2.19 bits per heavy atom. The number of aromatic nitrogens is 4. The smallest absolute Gasteiger partial charge is 0.360 e. The largest absolute Gasteiger partial charge is 0.464 e. The van der Waals surface area contributed by atoms with Gasteiger partial charge in [0.2, 0.25) is 5.91 Å². The van der Waals surface area contributed by atoms with Gasteiger partial charge in [-0.25, -0.2) is 14.5 Å². The van der Waals surface area contributed by atoms with Crippen LogP contribution in [0.5, 0.6) is 0 Å². The van der Waals surface area contributed by atoms with Crippen molar-refractivity contribution in [3.05, 3.63) is 28.0 Å². The zero-order valence-electron chi connectivity index (χ0n) is 11.9. The number of ether oxygens (including phenoxy) is 1. The molecule has 0 N–H and O–H groups in total. The van der Waals surface area contributed by atoms with Crippen LogP contribution in [0.2, 0.25) is 0 Å². The summed E-state index contributed by atoms with van der Waals surface area (Å²) in [5.41, 5.74) is 0.915. The molecule has 0 atom stereocenters. The van der Waals surface area contributed by atoms with Crippen molar-refractivity contribution >= 4 is 23.2 Å². The third kappa shape index (κ3) is 3.85. The molecule has 0 spiro atoms. The molecule has 0 radical (unpaired) electrons. The Labute approximate surface area is 125 Å². The quantitative estimate of drug-likeness (QED) is 0.733. The fraction of sp³-hybridized carbons (Fsp3) is 0.417. The number of nitrogens with zero attached hydrogens (tertiary/aromatic N) is 5. The first-order valence-electron chi connectivity index (χ1n) is 6.11. The van der Waals surface area contributed by atoms with Gasteiger partial charge < -0.3 is 9.64 Å². The second kappa shape index (κ2) is 6.44. The number of hydrogen-bond donors (Lipinski definition) is 0. The first-order chi connectivity index (χ1) is 9.99. The lowest BCUT2D eigenvalue weighted by atomic mass is 10.4. The van der Waals surface area contributed by atoms with Crippen molar-refractivity contribution in [3.8, 4) is 0 Å². The average molecular weight is 309 g/mol. The SMILES string of the molecule is COC(=O)c1cn(Cc2csc(CC(=O)N(C)C)n2)nn1. The lowest BCUT2D eigenvalue weighted by molar-refractivity contribution is -0.127. The zero-order valence-corrected chi connectivity index (χ0v) is 12.8. The molecule has 0 aromatic carbocycles. The summed E-state index contributed by atoms with van der Waals surface area (Å²) < 4.78 is 6.06. The molecule has 0 unspecified atom stereocenters. The molecular formula is C12H15N5O3S. The Balaban J connectivity index is 2.01. The Hall–Kier alpha value is -2.29. The summed E-state index contributed by atoms with van der Waals surface area (Å²) in [4.78, 5) is 28.8. The molecule has 0 aliphatic rings. The van der Waals surface area contributed by atoms with Gasteiger partial charge in [-0.05, 0) is 0 Å². The number of esters is 1. The van der Waals surface area contributed by atoms with Gasteiger partial charge in [0.1, 0.15) is 5.01 Å². The number of rotatable bonds is 5. The van der Waals surface area contributed by atoms with E-state index in [1.807, 2.05) is 5.38 Å². The van der Waals surface area contributed by atoms with E-state index in [4.69, 9.17) is 0 Å². The number of amides is 1. The van der Waals surface area contributed by atoms with E-state index < -0.39 is 5.97 Å². The van der Waals surface area contributed by atoms with E-state index in [2.05, 4.69) is 20.0 Å². The summed E-state index contributed by atoms with van der Waals surface area (Å²) in [7, 11) is 4.71. The van der Waals surface area contributed by atoms with Crippen molar-refractivity contribution in [2.45, 2.75) is 13.0 Å². The van der Waals surface area contributed by atoms with Crippen molar-refractivity contribution in [1.82, 2.24) is 24.9 Å². The van der Waals surface area contributed by atoms with Crippen molar-refractivity contribution < 1.29 is 14.3 Å². The van der Waals surface area contributed by atoms with Crippen molar-refractivity contribution in [3.63, 3.8) is 0 Å². The van der Waals surface area contributed by atoms with Gasteiger partial charge in [0.25, 0.3) is 0 Å². The second-order valence-corrected chi connectivity index (χ2v) is 5.43. The molecule has 112 valence electrons. The number of carbonyl (C=O) groups is 2. The predicted octanol–water partition coefficient (Wildman–Crippen LogP) is 0.200. The van der Waals surface area contributed by atoms with E-state index in [1.165, 1.54) is 34.2 Å². The molecule has 2 heterocycles. The summed E-state index contributed by atoms with van der Waals surface area (Å²) >= 11 is 1.42. The first kappa shape index (κ1) is 15.1. The van der Waals surface area contributed by atoms with Gasteiger partial charge in [-0.15, -0.1) is 16.4 Å². The van der Waals surface area contributed by atoms with Crippen LogP contribution in [0.3, 0.4) is 0 Å². The highest BCUT2D eigenvalue weighted by Crippen LogP contribution is 2.12. The molecule has 1 amide bonds. The van der Waals surface area contributed by atoms with E-state index in [1.54, 1.807) is 14.1 Å². The van der Waals surface area contributed by atoms with Crippen LogP contribution in [0.15, 0.2) is 11.6 Å². The van der Waals surface area contributed by atoms with Crippen LogP contribution in [0, 0.1) is 0 Å². The van der Waals surface area contributed by atoms with Gasteiger partial charge in [0.15, 0.2) is 5.69 Å². The van der Waals surface area contributed by atoms with Crippen LogP contribution in [0.4, 0.5) is 0 Å². The van der Waals surface area contributed by atoms with Crippen LogP contribution in [-0.2, 0) is 22.5 Å². The van der Waals surface area contributed by atoms with Gasteiger partial charge in [0.05, 0.1) is 32.0 Å². The van der Waals surface area contributed by atoms with Crippen molar-refractivity contribution in [1.29, 1.82) is 0 Å². The number of carbonyl (C=O) groups excluding carboxylic acids is 2. The van der Waals surface area contributed by atoms with Gasteiger partial charge in [-0.3, -0.25) is 4.79 Å². The maximum Gasteiger partial charge on any atom is 0.360 e. The van der Waals surface area contributed by atoms with Gasteiger partial charge in [-0.2, -0.15) is 0 Å². The minimum atomic E-state index is -0.531. The van der Waals surface area contributed by atoms with E-state index in [0.717, 1.165) is 10.7 Å². The first-order valence-corrected chi connectivity index (χ1v) is 6.99. The van der Waals surface area contributed by atoms with Crippen LogP contribution in [-0.4, -0.2) is 58.0 Å². The Morgan fingerprint density at radius 3 is 2.86 bits per heavy atom. The second-order valence-electron chi connectivity index (χ2n) is 4.49.